The number of nitrogen functional groups attached to an aromatic ring is 2. The van der Waals surface area contributed by atoms with Crippen molar-refractivity contribution in [2.75, 3.05) is 23.3 Å². The number of nitrogens with two attached hydrogens (primary N) is 3. The third-order valence-corrected chi connectivity index (χ3v) is 4.72. The lowest BCUT2D eigenvalue weighted by Crippen LogP contribution is -2.26. The van der Waals surface area contributed by atoms with Gasteiger partial charge in [-0.25, -0.2) is 4.98 Å². The van der Waals surface area contributed by atoms with E-state index in [0.717, 1.165) is 27.2 Å². The highest BCUT2D eigenvalue weighted by Crippen LogP contribution is 2.24. The van der Waals surface area contributed by atoms with Gasteiger partial charge in [0, 0.05) is 34.8 Å². The third kappa shape index (κ3) is 3.83. The SMILES string of the molecule is CCn1c(Cc2cc(I)ccc2N)nc2c(N)nc(NCC(C)N)nc21. The summed E-state index contributed by atoms with van der Waals surface area (Å²) in [6.07, 6.45) is 0.606. The van der Waals surface area contributed by atoms with Crippen molar-refractivity contribution in [1.82, 2.24) is 19.5 Å². The van der Waals surface area contributed by atoms with Gasteiger partial charge in [-0.2, -0.15) is 9.97 Å². The van der Waals surface area contributed by atoms with E-state index in [4.69, 9.17) is 17.2 Å². The van der Waals surface area contributed by atoms with Crippen LogP contribution in [0.2, 0.25) is 0 Å². The number of imidazole rings is 1. The van der Waals surface area contributed by atoms with Crippen molar-refractivity contribution in [3.8, 4) is 0 Å². The van der Waals surface area contributed by atoms with E-state index in [1.54, 1.807) is 0 Å². The first-order valence-corrected chi connectivity index (χ1v) is 9.52. The summed E-state index contributed by atoms with van der Waals surface area (Å²) in [7, 11) is 0. The summed E-state index contributed by atoms with van der Waals surface area (Å²) < 4.78 is 3.18. The molecule has 2 aromatic heterocycles. The molecule has 0 aliphatic carbocycles. The fraction of sp³-hybridized carbons (Fsp3) is 0.353. The molecule has 0 aliphatic heterocycles. The Morgan fingerprint density at radius 3 is 2.69 bits per heavy atom. The maximum atomic E-state index is 6.13. The van der Waals surface area contributed by atoms with E-state index in [2.05, 4.69) is 55.8 Å². The molecule has 9 heteroatoms. The molecule has 3 rings (SSSR count). The Morgan fingerprint density at radius 1 is 1.23 bits per heavy atom. The van der Waals surface area contributed by atoms with Crippen LogP contribution in [-0.2, 0) is 13.0 Å². The maximum absolute atomic E-state index is 6.13. The number of halogens is 1. The molecule has 0 bridgehead atoms. The maximum Gasteiger partial charge on any atom is 0.226 e. The van der Waals surface area contributed by atoms with Gasteiger partial charge < -0.3 is 27.1 Å². The van der Waals surface area contributed by atoms with Crippen LogP contribution in [-0.4, -0.2) is 32.1 Å². The largest absolute Gasteiger partial charge is 0.398 e. The molecule has 1 atom stereocenters. The van der Waals surface area contributed by atoms with Crippen LogP contribution in [0.4, 0.5) is 17.5 Å². The quantitative estimate of drug-likeness (QED) is 0.322. The van der Waals surface area contributed by atoms with Crippen molar-refractivity contribution >= 4 is 51.2 Å². The standard InChI is InChI=1S/C17H23IN8/c1-3-26-13(7-10-6-11(18)4-5-12(10)20)23-14-15(21)24-17(25-16(14)26)22-8-9(2)19/h4-6,9H,3,7-8,19-20H2,1-2H3,(H3,21,22,24,25). The van der Waals surface area contributed by atoms with Gasteiger partial charge in [0.25, 0.3) is 0 Å². The summed E-state index contributed by atoms with van der Waals surface area (Å²) >= 11 is 2.28. The van der Waals surface area contributed by atoms with E-state index in [9.17, 15) is 0 Å². The monoisotopic (exact) mass is 466 g/mol. The lowest BCUT2D eigenvalue weighted by atomic mass is 10.1. The van der Waals surface area contributed by atoms with Gasteiger partial charge in [0.15, 0.2) is 17.0 Å². The first-order chi connectivity index (χ1) is 12.4. The molecule has 0 saturated heterocycles. The number of fused-ring (bicyclic) bond motifs is 1. The molecular weight excluding hydrogens is 443 g/mol. The van der Waals surface area contributed by atoms with Crippen LogP contribution in [0.25, 0.3) is 11.2 Å². The third-order valence-electron chi connectivity index (χ3n) is 4.05. The normalized spacial score (nSPS) is 12.5. The summed E-state index contributed by atoms with van der Waals surface area (Å²) in [5.74, 6) is 1.68. The second kappa shape index (κ2) is 7.62. The molecule has 3 aromatic rings. The summed E-state index contributed by atoms with van der Waals surface area (Å²) in [6.45, 7) is 5.25. The number of nitrogens with one attached hydrogen (secondary N) is 1. The number of nitrogens with zero attached hydrogens (tertiary/aromatic N) is 4. The zero-order valence-corrected chi connectivity index (χ0v) is 17.0. The van der Waals surface area contributed by atoms with Gasteiger partial charge in [0.05, 0.1) is 0 Å². The van der Waals surface area contributed by atoms with E-state index < -0.39 is 0 Å². The van der Waals surface area contributed by atoms with Gasteiger partial charge in [-0.1, -0.05) is 0 Å². The van der Waals surface area contributed by atoms with Gasteiger partial charge in [-0.15, -0.1) is 0 Å². The summed E-state index contributed by atoms with van der Waals surface area (Å²) in [6, 6.07) is 5.97. The Hall–Kier alpha value is -2.14. The van der Waals surface area contributed by atoms with Gasteiger partial charge in [-0.05, 0) is 60.2 Å². The number of aryl methyl sites for hydroxylation is 1. The summed E-state index contributed by atoms with van der Waals surface area (Å²) in [4.78, 5) is 13.6. The van der Waals surface area contributed by atoms with Crippen LogP contribution >= 0.6 is 22.6 Å². The molecule has 138 valence electrons. The van der Waals surface area contributed by atoms with Crippen LogP contribution in [0.15, 0.2) is 18.2 Å². The number of benzene rings is 1. The van der Waals surface area contributed by atoms with Crippen LogP contribution < -0.4 is 22.5 Å². The zero-order chi connectivity index (χ0) is 18.8. The summed E-state index contributed by atoms with van der Waals surface area (Å²) in [5, 5.41) is 3.11. The lowest BCUT2D eigenvalue weighted by Gasteiger charge is -2.10. The highest BCUT2D eigenvalue weighted by Gasteiger charge is 2.17. The van der Waals surface area contributed by atoms with E-state index in [1.807, 2.05) is 23.6 Å². The average Bonchev–Trinajstić information content (AvgIpc) is 2.94. The molecule has 0 spiro atoms. The molecule has 0 saturated carbocycles. The van der Waals surface area contributed by atoms with Gasteiger partial charge in [-0.3, -0.25) is 0 Å². The van der Waals surface area contributed by atoms with Gasteiger partial charge in [0.1, 0.15) is 5.82 Å². The summed E-state index contributed by atoms with van der Waals surface area (Å²) in [5.41, 5.74) is 21.1. The van der Waals surface area contributed by atoms with Crippen molar-refractivity contribution in [2.45, 2.75) is 32.9 Å². The van der Waals surface area contributed by atoms with Gasteiger partial charge in [0.2, 0.25) is 5.95 Å². The molecule has 8 nitrogen and oxygen atoms in total. The van der Waals surface area contributed by atoms with E-state index >= 15 is 0 Å². The minimum absolute atomic E-state index is 0.00861. The minimum atomic E-state index is -0.00861. The Labute approximate surface area is 165 Å². The molecule has 1 unspecified atom stereocenters. The second-order valence-electron chi connectivity index (χ2n) is 6.26. The predicted octanol–water partition coefficient (Wildman–Crippen LogP) is 1.97. The molecule has 0 amide bonds. The van der Waals surface area contributed by atoms with E-state index in [1.165, 1.54) is 0 Å². The second-order valence-corrected chi connectivity index (χ2v) is 7.50. The Morgan fingerprint density at radius 2 is 2.00 bits per heavy atom. The molecule has 0 fully saturated rings. The van der Waals surface area contributed by atoms with Crippen molar-refractivity contribution in [3.05, 3.63) is 33.2 Å². The van der Waals surface area contributed by atoms with E-state index in [-0.39, 0.29) is 6.04 Å². The number of aromatic nitrogens is 4. The first-order valence-electron chi connectivity index (χ1n) is 8.45. The number of hydrogen-bond acceptors (Lipinski definition) is 7. The fourth-order valence-electron chi connectivity index (χ4n) is 2.76. The van der Waals surface area contributed by atoms with E-state index in [0.29, 0.717) is 35.9 Å². The molecule has 7 N–H and O–H groups in total. The Kier molecular flexibility index (Phi) is 5.47. The van der Waals surface area contributed by atoms with Crippen LogP contribution in [0.5, 0.6) is 0 Å². The Bertz CT molecular complexity index is 934. The lowest BCUT2D eigenvalue weighted by molar-refractivity contribution is 0.726. The van der Waals surface area contributed by atoms with Crippen LogP contribution in [0.1, 0.15) is 25.2 Å². The topological polar surface area (TPSA) is 134 Å². The highest BCUT2D eigenvalue weighted by molar-refractivity contribution is 14.1. The van der Waals surface area contributed by atoms with Crippen molar-refractivity contribution in [1.29, 1.82) is 0 Å². The molecule has 26 heavy (non-hydrogen) atoms. The van der Waals surface area contributed by atoms with Crippen molar-refractivity contribution in [2.24, 2.45) is 5.73 Å². The molecular formula is C17H23IN8. The predicted molar refractivity (Wildman–Crippen MR) is 114 cm³/mol. The van der Waals surface area contributed by atoms with Gasteiger partial charge >= 0.3 is 0 Å². The average molecular weight is 466 g/mol. The number of hydrogen-bond donors (Lipinski definition) is 4. The zero-order valence-electron chi connectivity index (χ0n) is 14.8. The Balaban J connectivity index is 2.03. The number of rotatable bonds is 6. The molecule has 0 radical (unpaired) electrons. The number of anilines is 3. The molecule has 1 aromatic carbocycles. The first kappa shape index (κ1) is 18.6. The molecule has 2 heterocycles. The fourth-order valence-corrected chi connectivity index (χ4v) is 3.32. The smallest absolute Gasteiger partial charge is 0.226 e. The highest BCUT2D eigenvalue weighted by atomic mass is 127. The van der Waals surface area contributed by atoms with Crippen molar-refractivity contribution in [3.63, 3.8) is 0 Å². The van der Waals surface area contributed by atoms with Crippen molar-refractivity contribution < 1.29 is 0 Å². The molecule has 0 aliphatic rings. The van der Waals surface area contributed by atoms with Crippen LogP contribution in [0, 0.1) is 3.57 Å². The van der Waals surface area contributed by atoms with Crippen LogP contribution in [0.3, 0.4) is 0 Å². The minimum Gasteiger partial charge on any atom is -0.398 e.